The predicted octanol–water partition coefficient (Wildman–Crippen LogP) is 7.58. The molecule has 66 heavy (non-hydrogen) atoms. The molecular formula is C46H57F3N6O9S2. The van der Waals surface area contributed by atoms with Crippen LogP contribution in [0, 0.1) is 17.8 Å². The number of nitrogens with one attached hydrogen (secondary N) is 2. The van der Waals surface area contributed by atoms with Crippen molar-refractivity contribution >= 4 is 45.2 Å². The summed E-state index contributed by atoms with van der Waals surface area (Å²) in [5, 5.41) is 15.7. The van der Waals surface area contributed by atoms with Gasteiger partial charge in [-0.05, 0) is 109 Å². The van der Waals surface area contributed by atoms with Crippen LogP contribution in [0.4, 0.5) is 18.0 Å². The van der Waals surface area contributed by atoms with E-state index in [-0.39, 0.29) is 48.5 Å². The van der Waals surface area contributed by atoms with Gasteiger partial charge in [0.2, 0.25) is 21.8 Å². The molecule has 1 saturated heterocycles. The number of pyridine rings is 1. The van der Waals surface area contributed by atoms with Crippen LogP contribution in [0.25, 0.3) is 22.0 Å². The molecule has 2 aromatic heterocycles. The molecule has 4 amide bonds. The molecule has 2 aliphatic heterocycles. The lowest BCUT2D eigenvalue weighted by molar-refractivity contribution is -0.222. The maximum atomic E-state index is 15.2. The smallest absolute Gasteiger partial charge is 0.411 e. The number of carbonyl (C=O) groups is 4. The largest absolute Gasteiger partial charge is 0.491 e. The second-order valence-corrected chi connectivity index (χ2v) is 22.3. The van der Waals surface area contributed by atoms with Gasteiger partial charge in [0.15, 0.2) is 0 Å². The van der Waals surface area contributed by atoms with Gasteiger partial charge in [0.05, 0.1) is 23.1 Å². The monoisotopic (exact) mass is 958 g/mol. The minimum atomic E-state index is -5.11. The number of nitrogens with zero attached hydrogens (tertiary/aromatic N) is 4. The van der Waals surface area contributed by atoms with Crippen LogP contribution in [0.5, 0.6) is 11.5 Å². The number of amides is 4. The standard InChI is InChI=1S/C46H57F3N6O9S2/c1-26(2)63-31-14-12-29(13-15-31)34-21-32(22-35(51-34)39-50-18-19-65-39)64-33-23-36-38(56)52-45(41(58)53-66(61,62)44(7)16-17-44)24-30(45)11-9-8-10-27(3)20-28(4)37(40(57)54(36)25-33)55(42(59)60)43(5,6)46(47,48)49/h9,11-15,18-19,21-22,26-28,30,33,36-37H,8,10,16-17,20,23-25H2,1-7H3,(H,52,56)(H,53,58)(H,59,60)/b11-9-/t27-,28+,30+,33+,36-,37-,45+/m0/s1. The zero-order valence-electron chi connectivity index (χ0n) is 37.9. The first-order valence-electron chi connectivity index (χ1n) is 22.2. The van der Waals surface area contributed by atoms with Gasteiger partial charge in [-0.1, -0.05) is 26.0 Å². The normalized spacial score (nSPS) is 27.3. The molecule has 15 nitrogen and oxygen atoms in total. The van der Waals surface area contributed by atoms with Gasteiger partial charge in [-0.25, -0.2) is 23.2 Å². The Morgan fingerprint density at radius 2 is 1.74 bits per heavy atom. The van der Waals surface area contributed by atoms with Crippen molar-refractivity contribution in [3.63, 3.8) is 0 Å². The summed E-state index contributed by atoms with van der Waals surface area (Å²) in [7, 11) is -4.14. The van der Waals surface area contributed by atoms with Crippen LogP contribution in [-0.2, 0) is 24.4 Å². The number of carboxylic acid groups (broad SMARTS) is 1. The highest BCUT2D eigenvalue weighted by atomic mass is 32.2. The van der Waals surface area contributed by atoms with Crippen LogP contribution in [0.2, 0.25) is 0 Å². The summed E-state index contributed by atoms with van der Waals surface area (Å²) in [6, 6.07) is 7.14. The average Bonchev–Trinajstić information content (AvgIpc) is 3.98. The van der Waals surface area contributed by atoms with Gasteiger partial charge in [-0.15, -0.1) is 11.3 Å². The van der Waals surface area contributed by atoms with Crippen LogP contribution < -0.4 is 19.5 Å². The highest BCUT2D eigenvalue weighted by Gasteiger charge is 2.64. The molecule has 2 aliphatic carbocycles. The molecule has 20 heteroatoms. The first-order chi connectivity index (χ1) is 30.9. The quantitative estimate of drug-likeness (QED) is 0.160. The van der Waals surface area contributed by atoms with E-state index in [9.17, 15) is 41.1 Å². The van der Waals surface area contributed by atoms with Crippen LogP contribution in [0.3, 0.4) is 0 Å². The van der Waals surface area contributed by atoms with Crippen molar-refractivity contribution in [2.45, 2.75) is 140 Å². The third-order valence-electron chi connectivity index (χ3n) is 13.3. The Morgan fingerprint density at radius 1 is 1.06 bits per heavy atom. The minimum absolute atomic E-state index is 0.0412. The summed E-state index contributed by atoms with van der Waals surface area (Å²) in [4.78, 5) is 67.6. The maximum absolute atomic E-state index is 15.2. The molecule has 0 unspecified atom stereocenters. The van der Waals surface area contributed by atoms with E-state index in [1.807, 2.05) is 39.0 Å². The number of ether oxygens (including phenoxy) is 2. The van der Waals surface area contributed by atoms with E-state index in [0.29, 0.717) is 67.2 Å². The van der Waals surface area contributed by atoms with E-state index < -0.39 is 85.9 Å². The number of alkyl halides is 3. The summed E-state index contributed by atoms with van der Waals surface area (Å²) in [6.07, 6.45) is -1.36. The van der Waals surface area contributed by atoms with Crippen molar-refractivity contribution in [1.82, 2.24) is 29.8 Å². The summed E-state index contributed by atoms with van der Waals surface area (Å²) in [6.45, 7) is 9.75. The number of sulfonamides is 1. The van der Waals surface area contributed by atoms with Gasteiger partial charge in [0.1, 0.15) is 51.5 Å². The molecular weight excluding hydrogens is 902 g/mol. The fourth-order valence-corrected chi connectivity index (χ4v) is 10.8. The number of fused-ring (bicyclic) bond motifs is 2. The van der Waals surface area contributed by atoms with E-state index >= 15 is 4.79 Å². The van der Waals surface area contributed by atoms with Crippen LogP contribution >= 0.6 is 11.3 Å². The molecule has 7 rings (SSSR count). The molecule has 358 valence electrons. The van der Waals surface area contributed by atoms with Crippen molar-refractivity contribution in [3.05, 3.63) is 60.1 Å². The van der Waals surface area contributed by atoms with Crippen LogP contribution in [-0.4, -0.2) is 110 Å². The van der Waals surface area contributed by atoms with Gasteiger partial charge in [-0.3, -0.25) is 24.0 Å². The fraction of sp³-hybridized carbons (Fsp3) is 0.565. The number of rotatable bonds is 11. The molecule has 3 N–H and O–H groups in total. The fourth-order valence-electron chi connectivity index (χ4n) is 8.93. The Balaban J connectivity index is 1.29. The summed E-state index contributed by atoms with van der Waals surface area (Å²) in [5.74, 6) is -3.76. The van der Waals surface area contributed by atoms with Gasteiger partial charge in [0.25, 0.3) is 5.91 Å². The van der Waals surface area contributed by atoms with E-state index in [1.54, 1.807) is 41.9 Å². The lowest BCUT2D eigenvalue weighted by atomic mass is 9.85. The number of thiazole rings is 1. The van der Waals surface area contributed by atoms with Gasteiger partial charge in [-0.2, -0.15) is 13.2 Å². The number of allylic oxidation sites excluding steroid dienone is 1. The Bertz CT molecular complexity index is 2460. The van der Waals surface area contributed by atoms with Gasteiger partial charge in [0, 0.05) is 41.6 Å². The molecule has 4 heterocycles. The van der Waals surface area contributed by atoms with E-state index in [0.717, 1.165) is 4.90 Å². The Labute approximate surface area is 386 Å². The van der Waals surface area contributed by atoms with E-state index in [2.05, 4.69) is 15.0 Å². The average molecular weight is 959 g/mol. The van der Waals surface area contributed by atoms with Crippen molar-refractivity contribution in [3.8, 4) is 33.5 Å². The number of hydrogen-bond donors (Lipinski definition) is 3. The summed E-state index contributed by atoms with van der Waals surface area (Å²) in [5.41, 5.74) is -3.15. The van der Waals surface area contributed by atoms with Gasteiger partial charge >= 0.3 is 12.3 Å². The second-order valence-electron chi connectivity index (χ2n) is 19.2. The Morgan fingerprint density at radius 3 is 2.35 bits per heavy atom. The zero-order chi connectivity index (χ0) is 48.1. The summed E-state index contributed by atoms with van der Waals surface area (Å²) >= 11 is 1.33. The zero-order valence-corrected chi connectivity index (χ0v) is 39.6. The molecule has 3 aromatic rings. The Hall–Kier alpha value is -5.24. The highest BCUT2D eigenvalue weighted by molar-refractivity contribution is 7.91. The first-order valence-corrected chi connectivity index (χ1v) is 24.5. The van der Waals surface area contributed by atoms with E-state index in [4.69, 9.17) is 14.5 Å². The lowest BCUT2D eigenvalue weighted by Crippen LogP contribution is -2.66. The highest BCUT2D eigenvalue weighted by Crippen LogP contribution is 2.48. The van der Waals surface area contributed by atoms with Crippen molar-refractivity contribution < 1.29 is 55.3 Å². The number of hydrogen-bond acceptors (Lipinski definition) is 11. The number of halogens is 3. The molecule has 1 aromatic carbocycles. The maximum Gasteiger partial charge on any atom is 0.411 e. The second kappa shape index (κ2) is 18.1. The van der Waals surface area contributed by atoms with Crippen LogP contribution in [0.15, 0.2) is 60.1 Å². The molecule has 4 aliphatic rings. The van der Waals surface area contributed by atoms with Gasteiger partial charge < -0.3 is 24.8 Å². The first kappa shape index (κ1) is 48.7. The minimum Gasteiger partial charge on any atom is -0.491 e. The lowest BCUT2D eigenvalue weighted by Gasteiger charge is -2.45. The molecule has 3 fully saturated rings. The topological polar surface area (TPSA) is 197 Å². The van der Waals surface area contributed by atoms with Crippen LogP contribution in [0.1, 0.15) is 93.4 Å². The predicted molar refractivity (Wildman–Crippen MR) is 240 cm³/mol. The molecule has 0 radical (unpaired) electrons. The number of benzene rings is 1. The third kappa shape index (κ3) is 9.89. The third-order valence-corrected chi connectivity index (χ3v) is 16.2. The van der Waals surface area contributed by atoms with E-state index in [1.165, 1.54) is 25.2 Å². The Kier molecular flexibility index (Phi) is 13.4. The number of carbonyl (C=O) groups excluding carboxylic acids is 3. The molecule has 0 spiro atoms. The molecule has 2 saturated carbocycles. The van der Waals surface area contributed by atoms with Crippen molar-refractivity contribution in [2.24, 2.45) is 17.8 Å². The number of aromatic nitrogens is 2. The molecule has 7 atom stereocenters. The summed E-state index contributed by atoms with van der Waals surface area (Å²) < 4.78 is 84.6. The SMILES string of the molecule is CC(C)Oc1ccc(-c2cc(O[C@@H]3C[C@H]4C(=O)N[C@]5(C(=O)NS(=O)(=O)C6(C)CC6)C[C@H]5/C=C\CC[C@H](C)C[C@@H](C)[C@H](N(C(=O)O)C(C)(C)C(F)(F)F)C(=O)N4C3)cc(-c3nccs3)n2)cc1. The van der Waals surface area contributed by atoms with Crippen molar-refractivity contribution in [1.29, 1.82) is 0 Å². The molecule has 0 bridgehead atoms. The van der Waals surface area contributed by atoms with Crippen molar-refractivity contribution in [2.75, 3.05) is 6.54 Å².